The van der Waals surface area contributed by atoms with E-state index >= 15 is 0 Å². The predicted molar refractivity (Wildman–Crippen MR) is 94.9 cm³/mol. The third kappa shape index (κ3) is 2.96. The van der Waals surface area contributed by atoms with Gasteiger partial charge in [-0.25, -0.2) is 4.79 Å². The van der Waals surface area contributed by atoms with E-state index in [1.165, 1.54) is 0 Å². The minimum Gasteiger partial charge on any atom is -0.439 e. The average Bonchev–Trinajstić information content (AvgIpc) is 3.01. The van der Waals surface area contributed by atoms with Gasteiger partial charge < -0.3 is 19.9 Å². The molecule has 3 heterocycles. The molecular formula is C19H19N3O4. The fourth-order valence-corrected chi connectivity index (χ4v) is 3.60. The zero-order chi connectivity index (χ0) is 18.1. The number of benzene rings is 1. The van der Waals surface area contributed by atoms with E-state index in [4.69, 9.17) is 4.74 Å². The molecule has 2 amide bonds. The molecule has 7 heteroatoms. The number of carbonyl (C=O) groups is 2. The van der Waals surface area contributed by atoms with Crippen molar-refractivity contribution in [2.75, 3.05) is 19.6 Å². The average molecular weight is 353 g/mol. The molecule has 2 aromatic rings. The van der Waals surface area contributed by atoms with Gasteiger partial charge in [0.1, 0.15) is 11.2 Å². The number of carbonyl (C=O) groups excluding carboxylic acids is 2. The summed E-state index contributed by atoms with van der Waals surface area (Å²) in [4.78, 5) is 41.1. The summed E-state index contributed by atoms with van der Waals surface area (Å²) < 4.78 is 5.38. The molecule has 26 heavy (non-hydrogen) atoms. The summed E-state index contributed by atoms with van der Waals surface area (Å²) in [5.74, 6) is -0.340. The van der Waals surface area contributed by atoms with E-state index in [0.29, 0.717) is 31.7 Å². The molecule has 2 N–H and O–H groups in total. The summed E-state index contributed by atoms with van der Waals surface area (Å²) in [7, 11) is 0. The van der Waals surface area contributed by atoms with Gasteiger partial charge >= 0.3 is 6.09 Å². The lowest BCUT2D eigenvalue weighted by atomic mass is 9.92. The molecule has 1 atom stereocenters. The number of nitrogens with zero attached hydrogens (tertiary/aromatic N) is 1. The Balaban J connectivity index is 1.56. The summed E-state index contributed by atoms with van der Waals surface area (Å²) in [6.07, 6.45) is 0.976. The van der Waals surface area contributed by atoms with Gasteiger partial charge in [-0.3, -0.25) is 9.59 Å². The van der Waals surface area contributed by atoms with Gasteiger partial charge in [-0.1, -0.05) is 30.3 Å². The SMILES string of the molecule is O=C1NC[C@@]2(CCCN(C(=O)c3ccc(-c4ccccc4)[nH]c3=O)C2)O1. The molecular weight excluding hydrogens is 334 g/mol. The second-order valence-electron chi connectivity index (χ2n) is 6.74. The normalized spacial score (nSPS) is 22.2. The first-order valence-corrected chi connectivity index (χ1v) is 8.61. The maximum Gasteiger partial charge on any atom is 0.407 e. The van der Waals surface area contributed by atoms with E-state index in [1.807, 2.05) is 30.3 Å². The van der Waals surface area contributed by atoms with Crippen LogP contribution in [-0.2, 0) is 4.74 Å². The molecule has 1 spiro atoms. The second-order valence-corrected chi connectivity index (χ2v) is 6.74. The van der Waals surface area contributed by atoms with Crippen LogP contribution in [0.1, 0.15) is 23.2 Å². The Morgan fingerprint density at radius 3 is 2.62 bits per heavy atom. The predicted octanol–water partition coefficient (Wildman–Crippen LogP) is 1.76. The lowest BCUT2D eigenvalue weighted by molar-refractivity contribution is -0.00510. The van der Waals surface area contributed by atoms with Gasteiger partial charge in [-0.05, 0) is 30.5 Å². The fraction of sp³-hybridized carbons (Fsp3) is 0.316. The highest BCUT2D eigenvalue weighted by Crippen LogP contribution is 2.28. The van der Waals surface area contributed by atoms with Crippen molar-refractivity contribution < 1.29 is 14.3 Å². The number of pyridine rings is 1. The maximum absolute atomic E-state index is 12.8. The molecule has 2 aliphatic heterocycles. The van der Waals surface area contributed by atoms with Crippen LogP contribution >= 0.6 is 0 Å². The fourth-order valence-electron chi connectivity index (χ4n) is 3.60. The highest BCUT2D eigenvalue weighted by atomic mass is 16.6. The number of amides is 2. The van der Waals surface area contributed by atoms with Gasteiger partial charge in [0.25, 0.3) is 11.5 Å². The van der Waals surface area contributed by atoms with E-state index in [9.17, 15) is 14.4 Å². The van der Waals surface area contributed by atoms with Crippen molar-refractivity contribution in [1.29, 1.82) is 0 Å². The number of ether oxygens (including phenoxy) is 1. The third-order valence-corrected chi connectivity index (χ3v) is 4.92. The summed E-state index contributed by atoms with van der Waals surface area (Å²) in [5.41, 5.74) is 0.541. The number of likely N-dealkylation sites (tertiary alicyclic amines) is 1. The van der Waals surface area contributed by atoms with Crippen LogP contribution in [0, 0.1) is 0 Å². The van der Waals surface area contributed by atoms with Crippen LogP contribution < -0.4 is 10.9 Å². The number of hydrogen-bond donors (Lipinski definition) is 2. The standard InChI is InChI=1S/C19H19N3O4/c23-16-14(7-8-15(21-16)13-5-2-1-3-6-13)17(24)22-10-4-9-19(12-22)11-20-18(25)26-19/h1-3,5-8H,4,9-12H2,(H,20,25)(H,21,23)/t19-/m1/s1. The molecule has 0 saturated carbocycles. The van der Waals surface area contributed by atoms with Gasteiger partial charge in [-0.2, -0.15) is 0 Å². The van der Waals surface area contributed by atoms with Crippen LogP contribution in [0.2, 0.25) is 0 Å². The van der Waals surface area contributed by atoms with Gasteiger partial charge in [0, 0.05) is 12.2 Å². The minimum atomic E-state index is -0.679. The van der Waals surface area contributed by atoms with Crippen molar-refractivity contribution in [1.82, 2.24) is 15.2 Å². The maximum atomic E-state index is 12.8. The van der Waals surface area contributed by atoms with Crippen molar-refractivity contribution in [2.45, 2.75) is 18.4 Å². The van der Waals surface area contributed by atoms with E-state index in [-0.39, 0.29) is 11.5 Å². The number of alkyl carbamates (subject to hydrolysis) is 1. The molecule has 2 fully saturated rings. The number of rotatable bonds is 2. The first-order valence-electron chi connectivity index (χ1n) is 8.61. The van der Waals surface area contributed by atoms with Crippen LogP contribution in [0.3, 0.4) is 0 Å². The largest absolute Gasteiger partial charge is 0.439 e. The lowest BCUT2D eigenvalue weighted by Crippen LogP contribution is -2.52. The van der Waals surface area contributed by atoms with Gasteiger partial charge in [-0.15, -0.1) is 0 Å². The van der Waals surface area contributed by atoms with Crippen LogP contribution in [0.5, 0.6) is 0 Å². The van der Waals surface area contributed by atoms with Crippen molar-refractivity contribution in [2.24, 2.45) is 0 Å². The zero-order valence-electron chi connectivity index (χ0n) is 14.2. The number of piperidine rings is 1. The summed E-state index contributed by atoms with van der Waals surface area (Å²) in [5, 5.41) is 2.65. The second kappa shape index (κ2) is 6.33. The molecule has 4 rings (SSSR count). The molecule has 0 bridgehead atoms. The summed E-state index contributed by atoms with van der Waals surface area (Å²) in [6.45, 7) is 1.22. The smallest absolute Gasteiger partial charge is 0.407 e. The third-order valence-electron chi connectivity index (χ3n) is 4.92. The van der Waals surface area contributed by atoms with Crippen molar-refractivity contribution >= 4 is 12.0 Å². The highest BCUT2D eigenvalue weighted by molar-refractivity contribution is 5.94. The zero-order valence-corrected chi connectivity index (χ0v) is 14.2. The first kappa shape index (κ1) is 16.4. The van der Waals surface area contributed by atoms with Crippen LogP contribution in [0.25, 0.3) is 11.3 Å². The Labute approximate surface area is 150 Å². The van der Waals surface area contributed by atoms with Gasteiger partial charge in [0.15, 0.2) is 0 Å². The molecule has 0 radical (unpaired) electrons. The number of H-pyrrole nitrogens is 1. The summed E-state index contributed by atoms with van der Waals surface area (Å²) >= 11 is 0. The molecule has 1 aromatic carbocycles. The highest BCUT2D eigenvalue weighted by Gasteiger charge is 2.45. The molecule has 0 aliphatic carbocycles. The van der Waals surface area contributed by atoms with Crippen LogP contribution in [0.4, 0.5) is 4.79 Å². The molecule has 2 saturated heterocycles. The van der Waals surface area contributed by atoms with Crippen molar-refractivity contribution in [3.63, 3.8) is 0 Å². The Kier molecular flexibility index (Phi) is 3.99. The Morgan fingerprint density at radius 1 is 1.12 bits per heavy atom. The van der Waals surface area contributed by atoms with E-state index in [1.54, 1.807) is 17.0 Å². The van der Waals surface area contributed by atoms with Crippen molar-refractivity contribution in [3.05, 3.63) is 58.4 Å². The number of nitrogens with one attached hydrogen (secondary N) is 2. The van der Waals surface area contributed by atoms with Crippen molar-refractivity contribution in [3.8, 4) is 11.3 Å². The van der Waals surface area contributed by atoms with E-state index in [2.05, 4.69) is 10.3 Å². The Hall–Kier alpha value is -3.09. The van der Waals surface area contributed by atoms with Gasteiger partial charge in [0.05, 0.1) is 13.1 Å². The van der Waals surface area contributed by atoms with Gasteiger partial charge in [0.2, 0.25) is 0 Å². The van der Waals surface area contributed by atoms with Crippen LogP contribution in [0.15, 0.2) is 47.3 Å². The first-order chi connectivity index (χ1) is 12.6. The van der Waals surface area contributed by atoms with Crippen LogP contribution in [-0.4, -0.2) is 47.1 Å². The molecule has 2 aliphatic rings. The minimum absolute atomic E-state index is 0.0963. The molecule has 7 nitrogen and oxygen atoms in total. The number of aromatic nitrogens is 1. The number of aromatic amines is 1. The summed E-state index contributed by atoms with van der Waals surface area (Å²) in [6, 6.07) is 12.7. The quantitative estimate of drug-likeness (QED) is 0.861. The monoisotopic (exact) mass is 353 g/mol. The molecule has 1 aromatic heterocycles. The van der Waals surface area contributed by atoms with E-state index < -0.39 is 17.3 Å². The van der Waals surface area contributed by atoms with E-state index in [0.717, 1.165) is 12.0 Å². The molecule has 134 valence electrons. The topological polar surface area (TPSA) is 91.5 Å². The Bertz CT molecular complexity index is 909. The lowest BCUT2D eigenvalue weighted by Gasteiger charge is -2.38. The molecule has 0 unspecified atom stereocenters. The number of hydrogen-bond acceptors (Lipinski definition) is 4. The Morgan fingerprint density at radius 2 is 1.92 bits per heavy atom.